The van der Waals surface area contributed by atoms with Gasteiger partial charge in [0.05, 0.1) is 6.42 Å². The third-order valence-electron chi connectivity index (χ3n) is 6.18. The molecule has 0 bridgehead atoms. The number of rotatable bonds is 1. The molecule has 3 aliphatic rings. The standard InChI is InChI=1S/C22H22N2O2/c25-21-13-16-12-15(7-9-19(16)23-21)22(26)24-11-3-6-18-17-5-2-1-4-14(17)8-10-20(18)24/h1-2,4-5,7,9,12,18,20H,3,6,8,10-11,13H2,(H,23,25)/t18-,20+/m0/s1. The molecule has 0 spiro atoms. The van der Waals surface area contributed by atoms with E-state index in [1.165, 1.54) is 11.1 Å². The highest BCUT2D eigenvalue weighted by molar-refractivity contribution is 6.01. The topological polar surface area (TPSA) is 49.4 Å². The van der Waals surface area contributed by atoms with Crippen molar-refractivity contribution < 1.29 is 9.59 Å². The number of carbonyl (C=O) groups excluding carboxylic acids is 2. The molecule has 1 fully saturated rings. The molecule has 2 amide bonds. The lowest BCUT2D eigenvalue weighted by Crippen LogP contribution is -2.49. The van der Waals surface area contributed by atoms with Gasteiger partial charge < -0.3 is 10.2 Å². The number of hydrogen-bond acceptors (Lipinski definition) is 2. The zero-order chi connectivity index (χ0) is 17.7. The SMILES string of the molecule is O=C1Cc2cc(C(=O)N3CCC[C@H]4c5ccccc5CC[C@H]43)ccc2N1. The van der Waals surface area contributed by atoms with Crippen LogP contribution in [0.2, 0.25) is 0 Å². The fraction of sp³-hybridized carbons (Fsp3) is 0.364. The van der Waals surface area contributed by atoms with Crippen LogP contribution in [0.5, 0.6) is 0 Å². The van der Waals surface area contributed by atoms with Gasteiger partial charge in [-0.25, -0.2) is 0 Å². The molecule has 4 heteroatoms. The van der Waals surface area contributed by atoms with E-state index in [9.17, 15) is 9.59 Å². The lowest BCUT2D eigenvalue weighted by molar-refractivity contribution is -0.115. The molecule has 2 heterocycles. The number of hydrogen-bond donors (Lipinski definition) is 1. The fourth-order valence-corrected chi connectivity index (χ4v) is 4.98. The Morgan fingerprint density at radius 1 is 1.08 bits per heavy atom. The van der Waals surface area contributed by atoms with Crippen LogP contribution in [0.1, 0.15) is 52.2 Å². The summed E-state index contributed by atoms with van der Waals surface area (Å²) >= 11 is 0. The molecule has 4 nitrogen and oxygen atoms in total. The Morgan fingerprint density at radius 3 is 2.88 bits per heavy atom. The number of nitrogens with zero attached hydrogens (tertiary/aromatic N) is 1. The molecule has 2 atom stereocenters. The van der Waals surface area contributed by atoms with Crippen molar-refractivity contribution in [3.8, 4) is 0 Å². The van der Waals surface area contributed by atoms with Gasteiger partial charge in [-0.05, 0) is 60.6 Å². The number of aryl methyl sites for hydroxylation is 1. The summed E-state index contributed by atoms with van der Waals surface area (Å²) in [6.45, 7) is 0.830. The number of benzene rings is 2. The van der Waals surface area contributed by atoms with Crippen LogP contribution >= 0.6 is 0 Å². The van der Waals surface area contributed by atoms with E-state index in [2.05, 4.69) is 34.5 Å². The Morgan fingerprint density at radius 2 is 1.96 bits per heavy atom. The van der Waals surface area contributed by atoms with Gasteiger partial charge in [-0.3, -0.25) is 9.59 Å². The average Bonchev–Trinajstić information content (AvgIpc) is 3.06. The van der Waals surface area contributed by atoms with Crippen molar-refractivity contribution in [3.63, 3.8) is 0 Å². The second-order valence-electron chi connectivity index (χ2n) is 7.65. The minimum absolute atomic E-state index is 0.00604. The number of carbonyl (C=O) groups is 2. The number of nitrogens with one attached hydrogen (secondary N) is 1. The lowest BCUT2D eigenvalue weighted by atomic mass is 9.74. The molecule has 26 heavy (non-hydrogen) atoms. The van der Waals surface area contributed by atoms with Gasteiger partial charge in [-0.15, -0.1) is 0 Å². The van der Waals surface area contributed by atoms with E-state index in [4.69, 9.17) is 0 Å². The van der Waals surface area contributed by atoms with E-state index < -0.39 is 0 Å². The highest BCUT2D eigenvalue weighted by Crippen LogP contribution is 2.41. The van der Waals surface area contributed by atoms with E-state index >= 15 is 0 Å². The summed E-state index contributed by atoms with van der Waals surface area (Å²) in [6.07, 6.45) is 4.66. The van der Waals surface area contributed by atoms with Gasteiger partial charge in [0, 0.05) is 29.8 Å². The number of fused-ring (bicyclic) bond motifs is 4. The molecular weight excluding hydrogens is 324 g/mol. The van der Waals surface area contributed by atoms with Gasteiger partial charge in [0.1, 0.15) is 0 Å². The van der Waals surface area contributed by atoms with Crippen LogP contribution in [0.3, 0.4) is 0 Å². The minimum Gasteiger partial charge on any atom is -0.335 e. The second kappa shape index (κ2) is 5.97. The first kappa shape index (κ1) is 15.6. The van der Waals surface area contributed by atoms with Gasteiger partial charge in [0.2, 0.25) is 5.91 Å². The first-order chi connectivity index (χ1) is 12.7. The third-order valence-corrected chi connectivity index (χ3v) is 6.18. The van der Waals surface area contributed by atoms with Gasteiger partial charge in [-0.1, -0.05) is 24.3 Å². The molecule has 1 saturated heterocycles. The molecule has 132 valence electrons. The lowest BCUT2D eigenvalue weighted by Gasteiger charge is -2.45. The van der Waals surface area contributed by atoms with Crippen molar-refractivity contribution in [3.05, 3.63) is 64.7 Å². The Balaban J connectivity index is 1.45. The summed E-state index contributed by atoms with van der Waals surface area (Å²) in [5.74, 6) is 0.572. The summed E-state index contributed by atoms with van der Waals surface area (Å²) in [6, 6.07) is 14.6. The van der Waals surface area contributed by atoms with E-state index in [0.717, 1.165) is 43.5 Å². The number of anilines is 1. The molecular formula is C22H22N2O2. The van der Waals surface area contributed by atoms with Crippen LogP contribution in [0.15, 0.2) is 42.5 Å². The Hall–Kier alpha value is -2.62. The Kier molecular flexibility index (Phi) is 3.59. The van der Waals surface area contributed by atoms with E-state index in [1.54, 1.807) is 0 Å². The molecule has 0 saturated carbocycles. The summed E-state index contributed by atoms with van der Waals surface area (Å²) in [4.78, 5) is 26.9. The zero-order valence-electron chi connectivity index (χ0n) is 14.7. The number of piperidine rings is 1. The predicted octanol–water partition coefficient (Wildman–Crippen LogP) is 3.52. The molecule has 2 aromatic carbocycles. The minimum atomic E-state index is 0.00604. The molecule has 0 radical (unpaired) electrons. The predicted molar refractivity (Wildman–Crippen MR) is 100 cm³/mol. The molecule has 1 aliphatic carbocycles. The summed E-state index contributed by atoms with van der Waals surface area (Å²) in [5.41, 5.74) is 5.37. The van der Waals surface area contributed by atoms with Crippen molar-refractivity contribution in [2.75, 3.05) is 11.9 Å². The number of amides is 2. The van der Waals surface area contributed by atoms with Gasteiger partial charge >= 0.3 is 0 Å². The molecule has 5 rings (SSSR count). The van der Waals surface area contributed by atoms with Gasteiger partial charge in [0.25, 0.3) is 5.91 Å². The fourth-order valence-electron chi connectivity index (χ4n) is 4.98. The van der Waals surface area contributed by atoms with Crippen molar-refractivity contribution in [2.45, 2.75) is 44.1 Å². The van der Waals surface area contributed by atoms with Crippen molar-refractivity contribution in [1.82, 2.24) is 4.90 Å². The van der Waals surface area contributed by atoms with E-state index in [1.807, 2.05) is 18.2 Å². The third kappa shape index (κ3) is 2.44. The highest BCUT2D eigenvalue weighted by atomic mass is 16.2. The number of likely N-dealkylation sites (tertiary alicyclic amines) is 1. The molecule has 1 N–H and O–H groups in total. The zero-order valence-corrected chi connectivity index (χ0v) is 14.7. The van der Waals surface area contributed by atoms with Crippen molar-refractivity contribution in [2.24, 2.45) is 0 Å². The van der Waals surface area contributed by atoms with E-state index in [0.29, 0.717) is 23.9 Å². The maximum atomic E-state index is 13.3. The quantitative estimate of drug-likeness (QED) is 0.859. The van der Waals surface area contributed by atoms with Crippen molar-refractivity contribution in [1.29, 1.82) is 0 Å². The van der Waals surface area contributed by atoms with E-state index in [-0.39, 0.29) is 11.8 Å². The van der Waals surface area contributed by atoms with Gasteiger partial charge in [0.15, 0.2) is 0 Å². The normalized spacial score (nSPS) is 23.7. The molecule has 2 aromatic rings. The monoisotopic (exact) mass is 346 g/mol. The first-order valence-electron chi connectivity index (χ1n) is 9.52. The van der Waals surface area contributed by atoms with Crippen molar-refractivity contribution >= 4 is 17.5 Å². The maximum absolute atomic E-state index is 13.3. The molecule has 2 aliphatic heterocycles. The Bertz CT molecular complexity index is 905. The second-order valence-corrected chi connectivity index (χ2v) is 7.65. The van der Waals surface area contributed by atoms with Crippen LogP contribution in [0.25, 0.3) is 0 Å². The maximum Gasteiger partial charge on any atom is 0.254 e. The van der Waals surface area contributed by atoms with Crippen LogP contribution in [0.4, 0.5) is 5.69 Å². The summed E-state index contributed by atoms with van der Waals surface area (Å²) in [5, 5.41) is 2.84. The molecule has 0 aromatic heterocycles. The van der Waals surface area contributed by atoms with Crippen LogP contribution in [0, 0.1) is 0 Å². The summed E-state index contributed by atoms with van der Waals surface area (Å²) in [7, 11) is 0. The smallest absolute Gasteiger partial charge is 0.254 e. The van der Waals surface area contributed by atoms with Crippen LogP contribution < -0.4 is 5.32 Å². The largest absolute Gasteiger partial charge is 0.335 e. The molecule has 0 unspecified atom stereocenters. The Labute approximate surface area is 153 Å². The van der Waals surface area contributed by atoms with Crippen LogP contribution in [-0.4, -0.2) is 29.3 Å². The average molecular weight is 346 g/mol. The first-order valence-corrected chi connectivity index (χ1v) is 9.52. The summed E-state index contributed by atoms with van der Waals surface area (Å²) < 4.78 is 0. The highest BCUT2D eigenvalue weighted by Gasteiger charge is 2.38. The van der Waals surface area contributed by atoms with Gasteiger partial charge in [-0.2, -0.15) is 0 Å². The van der Waals surface area contributed by atoms with Crippen LogP contribution in [-0.2, 0) is 17.6 Å².